The van der Waals surface area contributed by atoms with E-state index in [9.17, 15) is 4.79 Å². The first-order valence-electron chi connectivity index (χ1n) is 7.49. The zero-order valence-corrected chi connectivity index (χ0v) is 13.0. The van der Waals surface area contributed by atoms with Crippen LogP contribution >= 0.6 is 0 Å². The minimum absolute atomic E-state index is 0.119. The molecular formula is C18H22N2O. The lowest BCUT2D eigenvalue weighted by molar-refractivity contribution is 0.0711. The van der Waals surface area contributed by atoms with E-state index >= 15 is 0 Å². The van der Waals surface area contributed by atoms with Crippen LogP contribution in [0.25, 0.3) is 0 Å². The molecule has 1 aliphatic rings. The highest BCUT2D eigenvalue weighted by Gasteiger charge is 2.22. The normalized spacial score (nSPS) is 14.9. The van der Waals surface area contributed by atoms with Crippen LogP contribution < -0.4 is 0 Å². The number of amides is 1. The van der Waals surface area contributed by atoms with Crippen molar-refractivity contribution in [1.82, 2.24) is 9.47 Å². The number of benzene rings is 1. The fourth-order valence-electron chi connectivity index (χ4n) is 2.78. The summed E-state index contributed by atoms with van der Waals surface area (Å²) in [6.45, 7) is 8.91. The molecule has 0 bridgehead atoms. The van der Waals surface area contributed by atoms with Crippen LogP contribution in [0.2, 0.25) is 0 Å². The molecule has 0 spiro atoms. The van der Waals surface area contributed by atoms with Gasteiger partial charge in [0.1, 0.15) is 0 Å². The number of carbonyl (C=O) groups is 1. The highest BCUT2D eigenvalue weighted by Crippen LogP contribution is 2.23. The van der Waals surface area contributed by atoms with Crippen molar-refractivity contribution in [2.24, 2.45) is 0 Å². The van der Waals surface area contributed by atoms with Crippen LogP contribution in [0.15, 0.2) is 42.6 Å². The van der Waals surface area contributed by atoms with Gasteiger partial charge in [0.15, 0.2) is 0 Å². The van der Waals surface area contributed by atoms with E-state index in [0.29, 0.717) is 6.54 Å². The lowest BCUT2D eigenvalue weighted by atomic mass is 9.86. The van der Waals surface area contributed by atoms with Gasteiger partial charge in [-0.25, -0.2) is 0 Å². The van der Waals surface area contributed by atoms with E-state index in [1.807, 2.05) is 23.1 Å². The SMILES string of the molecule is CC(C)(C)c1ccc(C(=O)N2CCn3cccc3C2)cc1. The van der Waals surface area contributed by atoms with Crippen LogP contribution in [0.3, 0.4) is 0 Å². The molecule has 110 valence electrons. The van der Waals surface area contributed by atoms with Crippen molar-refractivity contribution in [1.29, 1.82) is 0 Å². The number of aromatic nitrogens is 1. The van der Waals surface area contributed by atoms with Gasteiger partial charge in [0.25, 0.3) is 5.91 Å². The molecule has 2 heterocycles. The quantitative estimate of drug-likeness (QED) is 0.786. The molecule has 0 saturated carbocycles. The van der Waals surface area contributed by atoms with Crippen LogP contribution in [0.5, 0.6) is 0 Å². The van der Waals surface area contributed by atoms with Gasteiger partial charge in [-0.05, 0) is 35.2 Å². The molecule has 1 amide bonds. The molecule has 1 aromatic carbocycles. The highest BCUT2D eigenvalue weighted by molar-refractivity contribution is 5.94. The van der Waals surface area contributed by atoms with Crippen LogP contribution in [0.1, 0.15) is 42.4 Å². The maximum absolute atomic E-state index is 12.6. The van der Waals surface area contributed by atoms with Crippen molar-refractivity contribution < 1.29 is 4.79 Å². The summed E-state index contributed by atoms with van der Waals surface area (Å²) in [7, 11) is 0. The zero-order chi connectivity index (χ0) is 15.0. The molecule has 3 rings (SSSR count). The van der Waals surface area contributed by atoms with Gasteiger partial charge in [0.05, 0.1) is 6.54 Å². The summed E-state index contributed by atoms with van der Waals surface area (Å²) in [4.78, 5) is 14.5. The van der Waals surface area contributed by atoms with E-state index in [4.69, 9.17) is 0 Å². The Morgan fingerprint density at radius 3 is 2.43 bits per heavy atom. The lowest BCUT2D eigenvalue weighted by Crippen LogP contribution is -2.37. The number of fused-ring (bicyclic) bond motifs is 1. The molecule has 3 nitrogen and oxygen atoms in total. The second kappa shape index (κ2) is 5.06. The van der Waals surface area contributed by atoms with E-state index in [0.717, 1.165) is 18.7 Å². The summed E-state index contributed by atoms with van der Waals surface area (Å²) >= 11 is 0. The molecule has 0 N–H and O–H groups in total. The highest BCUT2D eigenvalue weighted by atomic mass is 16.2. The Morgan fingerprint density at radius 1 is 1.05 bits per heavy atom. The maximum atomic E-state index is 12.6. The van der Waals surface area contributed by atoms with Gasteiger partial charge in [0.2, 0.25) is 0 Å². The van der Waals surface area contributed by atoms with Crippen molar-refractivity contribution in [2.45, 2.75) is 39.3 Å². The Bertz CT molecular complexity index is 647. The summed E-state index contributed by atoms with van der Waals surface area (Å²) < 4.78 is 2.21. The van der Waals surface area contributed by atoms with Crippen molar-refractivity contribution in [3.8, 4) is 0 Å². The molecule has 21 heavy (non-hydrogen) atoms. The Hall–Kier alpha value is -2.03. The first-order valence-corrected chi connectivity index (χ1v) is 7.49. The minimum Gasteiger partial charge on any atom is -0.348 e. The molecule has 0 saturated heterocycles. The first-order chi connectivity index (χ1) is 9.95. The van der Waals surface area contributed by atoms with Gasteiger partial charge in [-0.15, -0.1) is 0 Å². The van der Waals surface area contributed by atoms with Crippen molar-refractivity contribution in [3.05, 3.63) is 59.4 Å². The molecule has 1 aromatic heterocycles. The van der Waals surface area contributed by atoms with Gasteiger partial charge in [-0.1, -0.05) is 32.9 Å². The Morgan fingerprint density at radius 2 is 1.76 bits per heavy atom. The minimum atomic E-state index is 0.119. The number of rotatable bonds is 1. The summed E-state index contributed by atoms with van der Waals surface area (Å²) in [5, 5.41) is 0. The average Bonchev–Trinajstić information content (AvgIpc) is 2.93. The smallest absolute Gasteiger partial charge is 0.254 e. The van der Waals surface area contributed by atoms with Gasteiger partial charge >= 0.3 is 0 Å². The zero-order valence-electron chi connectivity index (χ0n) is 13.0. The average molecular weight is 282 g/mol. The first kappa shape index (κ1) is 13.9. The van der Waals surface area contributed by atoms with Crippen molar-refractivity contribution >= 4 is 5.91 Å². The maximum Gasteiger partial charge on any atom is 0.254 e. The number of carbonyl (C=O) groups excluding carboxylic acids is 1. The number of nitrogens with zero attached hydrogens (tertiary/aromatic N) is 2. The van der Waals surface area contributed by atoms with Gasteiger partial charge in [-0.3, -0.25) is 4.79 Å². The Balaban J connectivity index is 1.77. The summed E-state index contributed by atoms with van der Waals surface area (Å²) in [6, 6.07) is 12.2. The largest absolute Gasteiger partial charge is 0.348 e. The van der Waals surface area contributed by atoms with E-state index in [-0.39, 0.29) is 11.3 Å². The second-order valence-corrected chi connectivity index (χ2v) is 6.75. The van der Waals surface area contributed by atoms with Crippen molar-refractivity contribution in [2.75, 3.05) is 6.54 Å². The Kier molecular flexibility index (Phi) is 3.36. The molecule has 0 aliphatic carbocycles. The standard InChI is InChI=1S/C18H22N2O/c1-18(2,3)15-8-6-14(7-9-15)17(21)20-12-11-19-10-4-5-16(19)13-20/h4-10H,11-13H2,1-3H3. The molecule has 0 fully saturated rings. The van der Waals surface area contributed by atoms with E-state index in [2.05, 4.69) is 49.7 Å². The van der Waals surface area contributed by atoms with Gasteiger partial charge in [-0.2, -0.15) is 0 Å². The van der Waals surface area contributed by atoms with Crippen LogP contribution in [0.4, 0.5) is 0 Å². The van der Waals surface area contributed by atoms with E-state index < -0.39 is 0 Å². The molecular weight excluding hydrogens is 260 g/mol. The third-order valence-electron chi connectivity index (χ3n) is 4.17. The van der Waals surface area contributed by atoms with Crippen LogP contribution in [-0.4, -0.2) is 21.9 Å². The predicted molar refractivity (Wildman–Crippen MR) is 84.3 cm³/mol. The molecule has 0 atom stereocenters. The fraction of sp³-hybridized carbons (Fsp3) is 0.389. The van der Waals surface area contributed by atoms with Gasteiger partial charge in [0, 0.05) is 30.5 Å². The summed E-state index contributed by atoms with van der Waals surface area (Å²) in [5.74, 6) is 0.128. The monoisotopic (exact) mass is 282 g/mol. The molecule has 1 aliphatic heterocycles. The van der Waals surface area contributed by atoms with Crippen molar-refractivity contribution in [3.63, 3.8) is 0 Å². The van der Waals surface area contributed by atoms with Crippen LogP contribution in [0, 0.1) is 0 Å². The summed E-state index contributed by atoms with van der Waals surface area (Å²) in [5.41, 5.74) is 3.36. The lowest BCUT2D eigenvalue weighted by Gasteiger charge is -2.29. The van der Waals surface area contributed by atoms with Gasteiger partial charge < -0.3 is 9.47 Å². The third-order valence-corrected chi connectivity index (χ3v) is 4.17. The Labute approximate surface area is 126 Å². The van der Waals surface area contributed by atoms with Crippen LogP contribution in [-0.2, 0) is 18.5 Å². The van der Waals surface area contributed by atoms with E-state index in [1.165, 1.54) is 11.3 Å². The third kappa shape index (κ3) is 2.73. The molecule has 0 unspecified atom stereocenters. The number of hydrogen-bond acceptors (Lipinski definition) is 1. The second-order valence-electron chi connectivity index (χ2n) is 6.75. The fourth-order valence-corrected chi connectivity index (χ4v) is 2.78. The molecule has 3 heteroatoms. The summed E-state index contributed by atoms with van der Waals surface area (Å²) in [6.07, 6.45) is 2.08. The predicted octanol–water partition coefficient (Wildman–Crippen LogP) is 3.44. The molecule has 2 aromatic rings. The number of hydrogen-bond donors (Lipinski definition) is 0. The molecule has 0 radical (unpaired) electrons. The topological polar surface area (TPSA) is 25.2 Å². The van der Waals surface area contributed by atoms with E-state index in [1.54, 1.807) is 0 Å².